The SMILES string of the molecule is CS(=O)(=O)c1cccc(OCc2nc(N)ccc2Cl)c1. The molecule has 0 unspecified atom stereocenters. The number of halogens is 1. The van der Waals surface area contributed by atoms with Crippen LogP contribution < -0.4 is 10.5 Å². The van der Waals surface area contributed by atoms with Gasteiger partial charge in [0, 0.05) is 6.26 Å². The lowest BCUT2D eigenvalue weighted by molar-refractivity contribution is 0.301. The van der Waals surface area contributed by atoms with Crippen molar-refractivity contribution in [3.05, 3.63) is 47.1 Å². The number of nitrogens with two attached hydrogens (primary N) is 1. The summed E-state index contributed by atoms with van der Waals surface area (Å²) < 4.78 is 28.4. The van der Waals surface area contributed by atoms with Gasteiger partial charge in [-0.3, -0.25) is 0 Å². The number of aromatic nitrogens is 1. The number of hydrogen-bond acceptors (Lipinski definition) is 5. The molecule has 0 aliphatic heterocycles. The average Bonchev–Trinajstić information content (AvgIpc) is 2.39. The van der Waals surface area contributed by atoms with Crippen LogP contribution in [0.3, 0.4) is 0 Å². The summed E-state index contributed by atoms with van der Waals surface area (Å²) in [5.74, 6) is 0.770. The molecule has 0 fully saturated rings. The van der Waals surface area contributed by atoms with Crippen molar-refractivity contribution in [1.82, 2.24) is 4.98 Å². The molecule has 0 bridgehead atoms. The minimum atomic E-state index is -3.26. The monoisotopic (exact) mass is 312 g/mol. The zero-order chi connectivity index (χ0) is 14.8. The van der Waals surface area contributed by atoms with E-state index in [1.165, 1.54) is 12.1 Å². The maximum atomic E-state index is 11.5. The largest absolute Gasteiger partial charge is 0.487 e. The molecule has 0 atom stereocenters. The number of ether oxygens (including phenoxy) is 1. The molecule has 20 heavy (non-hydrogen) atoms. The fourth-order valence-corrected chi connectivity index (χ4v) is 2.36. The number of nitrogens with zero attached hydrogens (tertiary/aromatic N) is 1. The first-order valence-electron chi connectivity index (χ1n) is 5.70. The Morgan fingerprint density at radius 3 is 2.75 bits per heavy atom. The second-order valence-electron chi connectivity index (χ2n) is 4.20. The lowest BCUT2D eigenvalue weighted by Crippen LogP contribution is -2.03. The first-order chi connectivity index (χ1) is 9.36. The van der Waals surface area contributed by atoms with E-state index in [9.17, 15) is 8.42 Å². The third kappa shape index (κ3) is 3.61. The second kappa shape index (κ2) is 5.68. The van der Waals surface area contributed by atoms with E-state index in [1.54, 1.807) is 24.3 Å². The highest BCUT2D eigenvalue weighted by Gasteiger charge is 2.09. The van der Waals surface area contributed by atoms with Gasteiger partial charge in [0.25, 0.3) is 0 Å². The van der Waals surface area contributed by atoms with Crippen LogP contribution in [0.1, 0.15) is 5.69 Å². The van der Waals surface area contributed by atoms with E-state index in [1.807, 2.05) is 0 Å². The van der Waals surface area contributed by atoms with Gasteiger partial charge in [-0.15, -0.1) is 0 Å². The number of benzene rings is 1. The fraction of sp³-hybridized carbons (Fsp3) is 0.154. The molecule has 2 rings (SSSR count). The van der Waals surface area contributed by atoms with Gasteiger partial charge in [-0.05, 0) is 30.3 Å². The van der Waals surface area contributed by atoms with Crippen LogP contribution in [-0.2, 0) is 16.4 Å². The summed E-state index contributed by atoms with van der Waals surface area (Å²) in [5.41, 5.74) is 6.07. The molecule has 0 amide bonds. The van der Waals surface area contributed by atoms with Gasteiger partial charge in [0.1, 0.15) is 18.2 Å². The van der Waals surface area contributed by atoms with Crippen LogP contribution in [0.4, 0.5) is 5.82 Å². The van der Waals surface area contributed by atoms with Crippen LogP contribution in [0.5, 0.6) is 5.75 Å². The van der Waals surface area contributed by atoms with E-state index in [4.69, 9.17) is 22.1 Å². The molecule has 0 saturated carbocycles. The maximum absolute atomic E-state index is 11.5. The average molecular weight is 313 g/mol. The van der Waals surface area contributed by atoms with Gasteiger partial charge < -0.3 is 10.5 Å². The molecule has 2 aromatic rings. The summed E-state index contributed by atoms with van der Waals surface area (Å²) in [5, 5.41) is 0.443. The molecular weight excluding hydrogens is 300 g/mol. The molecule has 0 saturated heterocycles. The van der Waals surface area contributed by atoms with Crippen molar-refractivity contribution in [1.29, 1.82) is 0 Å². The first-order valence-corrected chi connectivity index (χ1v) is 7.97. The van der Waals surface area contributed by atoms with Crippen molar-refractivity contribution in [2.75, 3.05) is 12.0 Å². The number of anilines is 1. The Kier molecular flexibility index (Phi) is 4.15. The predicted molar refractivity (Wildman–Crippen MR) is 77.5 cm³/mol. The minimum absolute atomic E-state index is 0.108. The Morgan fingerprint density at radius 2 is 2.05 bits per heavy atom. The lowest BCUT2D eigenvalue weighted by atomic mass is 10.3. The summed E-state index contributed by atoms with van der Waals surface area (Å²) in [6.07, 6.45) is 1.14. The van der Waals surface area contributed by atoms with Gasteiger partial charge in [-0.25, -0.2) is 13.4 Å². The van der Waals surface area contributed by atoms with Gasteiger partial charge in [-0.1, -0.05) is 17.7 Å². The highest BCUT2D eigenvalue weighted by Crippen LogP contribution is 2.21. The molecule has 2 N–H and O–H groups in total. The Balaban J connectivity index is 2.17. The van der Waals surface area contributed by atoms with Crippen molar-refractivity contribution in [3.63, 3.8) is 0 Å². The molecular formula is C13H13ClN2O3S. The molecule has 5 nitrogen and oxygen atoms in total. The van der Waals surface area contributed by atoms with Crippen molar-refractivity contribution in [3.8, 4) is 5.75 Å². The van der Waals surface area contributed by atoms with E-state index in [2.05, 4.69) is 4.98 Å². The Morgan fingerprint density at radius 1 is 1.30 bits per heavy atom. The molecule has 0 spiro atoms. The normalized spacial score (nSPS) is 11.3. The summed E-state index contributed by atoms with van der Waals surface area (Å²) in [4.78, 5) is 4.26. The summed E-state index contributed by atoms with van der Waals surface area (Å²) >= 11 is 5.97. The Hall–Kier alpha value is -1.79. The number of sulfone groups is 1. The first kappa shape index (κ1) is 14.6. The fourth-order valence-electron chi connectivity index (χ4n) is 1.55. The van der Waals surface area contributed by atoms with Crippen molar-refractivity contribution >= 4 is 27.3 Å². The smallest absolute Gasteiger partial charge is 0.175 e. The van der Waals surface area contributed by atoms with Crippen LogP contribution in [0, 0.1) is 0 Å². The van der Waals surface area contributed by atoms with Gasteiger partial charge in [-0.2, -0.15) is 0 Å². The van der Waals surface area contributed by atoms with Crippen LogP contribution in [0.2, 0.25) is 5.02 Å². The Bertz CT molecular complexity index is 732. The minimum Gasteiger partial charge on any atom is -0.487 e. The maximum Gasteiger partial charge on any atom is 0.175 e. The van der Waals surface area contributed by atoms with E-state index in [0.717, 1.165) is 6.26 Å². The van der Waals surface area contributed by atoms with Gasteiger partial charge in [0.05, 0.1) is 15.6 Å². The van der Waals surface area contributed by atoms with Crippen LogP contribution in [-0.4, -0.2) is 19.7 Å². The van der Waals surface area contributed by atoms with Crippen LogP contribution >= 0.6 is 11.6 Å². The van der Waals surface area contributed by atoms with Gasteiger partial charge in [0.15, 0.2) is 9.84 Å². The van der Waals surface area contributed by atoms with E-state index in [0.29, 0.717) is 22.3 Å². The second-order valence-corrected chi connectivity index (χ2v) is 6.62. The van der Waals surface area contributed by atoms with Gasteiger partial charge >= 0.3 is 0 Å². The summed E-state index contributed by atoms with van der Waals surface area (Å²) in [7, 11) is -3.26. The van der Waals surface area contributed by atoms with E-state index >= 15 is 0 Å². The van der Waals surface area contributed by atoms with Crippen LogP contribution in [0.15, 0.2) is 41.3 Å². The number of rotatable bonds is 4. The summed E-state index contributed by atoms with van der Waals surface area (Å²) in [6.45, 7) is 0.108. The third-order valence-electron chi connectivity index (χ3n) is 2.55. The van der Waals surface area contributed by atoms with Crippen molar-refractivity contribution in [2.24, 2.45) is 0 Å². The molecule has 106 valence electrons. The highest BCUT2D eigenvalue weighted by atomic mass is 35.5. The summed E-state index contributed by atoms with van der Waals surface area (Å²) in [6, 6.07) is 9.46. The molecule has 0 aliphatic carbocycles. The Labute approximate surface area is 122 Å². The molecule has 0 aliphatic rings. The molecule has 1 heterocycles. The standard InChI is InChI=1S/C13H13ClN2O3S/c1-20(17,18)10-4-2-3-9(7-10)19-8-12-11(14)5-6-13(15)16-12/h2-7H,8H2,1H3,(H2,15,16). The zero-order valence-corrected chi connectivity index (χ0v) is 12.3. The molecule has 7 heteroatoms. The third-order valence-corrected chi connectivity index (χ3v) is 4.00. The quantitative estimate of drug-likeness (QED) is 0.936. The van der Waals surface area contributed by atoms with Crippen molar-refractivity contribution in [2.45, 2.75) is 11.5 Å². The molecule has 0 radical (unpaired) electrons. The number of hydrogen-bond donors (Lipinski definition) is 1. The topological polar surface area (TPSA) is 82.3 Å². The molecule has 1 aromatic heterocycles. The highest BCUT2D eigenvalue weighted by molar-refractivity contribution is 7.90. The number of nitrogen functional groups attached to an aromatic ring is 1. The van der Waals surface area contributed by atoms with Crippen molar-refractivity contribution < 1.29 is 13.2 Å². The van der Waals surface area contributed by atoms with E-state index in [-0.39, 0.29) is 11.5 Å². The van der Waals surface area contributed by atoms with Crippen LogP contribution in [0.25, 0.3) is 0 Å². The van der Waals surface area contributed by atoms with E-state index < -0.39 is 9.84 Å². The molecule has 1 aromatic carbocycles. The number of pyridine rings is 1. The van der Waals surface area contributed by atoms with Gasteiger partial charge in [0.2, 0.25) is 0 Å². The zero-order valence-electron chi connectivity index (χ0n) is 10.7. The lowest BCUT2D eigenvalue weighted by Gasteiger charge is -2.08. The predicted octanol–water partition coefficient (Wildman–Crippen LogP) is 2.30.